The monoisotopic (exact) mass is 410 g/mol. The van der Waals surface area contributed by atoms with Gasteiger partial charge in [-0.05, 0) is 48.6 Å². The fraction of sp³-hybridized carbons (Fsp3) is 0.304. The van der Waals surface area contributed by atoms with Gasteiger partial charge in [-0.15, -0.1) is 0 Å². The number of piperidine rings is 1. The number of ether oxygens (including phenoxy) is 1. The number of carbonyl (C=O) groups excluding carboxylic acids is 2. The molecule has 0 atom stereocenters. The highest BCUT2D eigenvalue weighted by Gasteiger charge is 2.41. The second-order valence-corrected chi connectivity index (χ2v) is 7.69. The number of carbonyl (C=O) groups is 2. The lowest BCUT2D eigenvalue weighted by atomic mass is 10.0. The first-order valence-electron chi connectivity index (χ1n) is 9.83. The summed E-state index contributed by atoms with van der Waals surface area (Å²) in [5, 5.41) is 0.547. The minimum atomic E-state index is -0.277. The Hall–Kier alpha value is -2.79. The Bertz CT molecular complexity index is 962. The van der Waals surface area contributed by atoms with E-state index >= 15 is 0 Å². The van der Waals surface area contributed by atoms with Crippen LogP contribution in [0.1, 0.15) is 30.4 Å². The zero-order valence-corrected chi connectivity index (χ0v) is 17.1. The van der Waals surface area contributed by atoms with Crippen LogP contribution in [0.2, 0.25) is 5.02 Å². The summed E-state index contributed by atoms with van der Waals surface area (Å²) < 4.78 is 5.23. The van der Waals surface area contributed by atoms with Gasteiger partial charge in [0.15, 0.2) is 0 Å². The van der Waals surface area contributed by atoms with E-state index < -0.39 is 0 Å². The van der Waals surface area contributed by atoms with Gasteiger partial charge in [-0.2, -0.15) is 0 Å². The zero-order valence-electron chi connectivity index (χ0n) is 16.4. The molecule has 0 spiro atoms. The van der Waals surface area contributed by atoms with Gasteiger partial charge in [0.05, 0.1) is 19.2 Å². The number of nitrogens with zero attached hydrogens (tertiary/aromatic N) is 2. The van der Waals surface area contributed by atoms with Crippen LogP contribution in [0.3, 0.4) is 0 Å². The molecule has 6 heteroatoms. The summed E-state index contributed by atoms with van der Waals surface area (Å²) in [7, 11) is 1.60. The van der Waals surface area contributed by atoms with Crippen molar-refractivity contribution in [2.75, 3.05) is 20.2 Å². The average molecular weight is 411 g/mol. The summed E-state index contributed by atoms with van der Waals surface area (Å²) in [6.07, 6.45) is 3.18. The molecule has 2 aliphatic rings. The molecule has 1 saturated heterocycles. The van der Waals surface area contributed by atoms with Crippen molar-refractivity contribution >= 4 is 29.0 Å². The number of amides is 2. The summed E-state index contributed by atoms with van der Waals surface area (Å²) >= 11 is 6.28. The molecule has 5 nitrogen and oxygen atoms in total. The maximum Gasteiger partial charge on any atom is 0.278 e. The van der Waals surface area contributed by atoms with E-state index in [0.29, 0.717) is 22.0 Å². The Morgan fingerprint density at radius 1 is 0.931 bits per heavy atom. The van der Waals surface area contributed by atoms with Crippen LogP contribution in [0, 0.1) is 0 Å². The Morgan fingerprint density at radius 2 is 1.62 bits per heavy atom. The van der Waals surface area contributed by atoms with Gasteiger partial charge in [-0.25, -0.2) is 0 Å². The molecule has 0 bridgehead atoms. The van der Waals surface area contributed by atoms with Crippen molar-refractivity contribution in [3.63, 3.8) is 0 Å². The largest absolute Gasteiger partial charge is 0.497 e. The van der Waals surface area contributed by atoms with Gasteiger partial charge >= 0.3 is 0 Å². The molecule has 29 heavy (non-hydrogen) atoms. The number of likely N-dealkylation sites (tertiary alicyclic amines) is 1. The topological polar surface area (TPSA) is 49.9 Å². The summed E-state index contributed by atoms with van der Waals surface area (Å²) in [5.41, 5.74) is 2.45. The molecule has 2 heterocycles. The van der Waals surface area contributed by atoms with E-state index in [0.717, 1.165) is 43.5 Å². The normalized spacial score (nSPS) is 17.3. The highest BCUT2D eigenvalue weighted by molar-refractivity contribution is 6.35. The lowest BCUT2D eigenvalue weighted by Crippen LogP contribution is -2.36. The molecule has 1 fully saturated rings. The van der Waals surface area contributed by atoms with Gasteiger partial charge in [0.1, 0.15) is 11.4 Å². The van der Waals surface area contributed by atoms with Crippen LogP contribution in [-0.2, 0) is 16.1 Å². The van der Waals surface area contributed by atoms with Crippen molar-refractivity contribution in [1.29, 1.82) is 0 Å². The van der Waals surface area contributed by atoms with Gasteiger partial charge in [-0.1, -0.05) is 41.9 Å². The molecule has 0 radical (unpaired) electrons. The SMILES string of the molecule is COc1ccc(C2=C(N3CCCCC3)C(=O)N(Cc3ccccc3Cl)C2=O)cc1. The molecule has 0 aromatic heterocycles. The van der Waals surface area contributed by atoms with Gasteiger partial charge < -0.3 is 9.64 Å². The lowest BCUT2D eigenvalue weighted by Gasteiger charge is -2.29. The minimum absolute atomic E-state index is 0.161. The van der Waals surface area contributed by atoms with Gasteiger partial charge in [0.25, 0.3) is 11.8 Å². The standard InChI is InChI=1S/C23H23ClN2O3/c1-29-18-11-9-16(10-12-18)20-21(25-13-5-2-6-14-25)23(28)26(22(20)27)15-17-7-3-4-8-19(17)24/h3-4,7-12H,2,5-6,13-15H2,1H3. The Labute approximate surface area is 175 Å². The summed E-state index contributed by atoms with van der Waals surface area (Å²) in [4.78, 5) is 30.1. The molecule has 0 N–H and O–H groups in total. The maximum atomic E-state index is 13.4. The van der Waals surface area contributed by atoms with E-state index in [4.69, 9.17) is 16.3 Å². The Balaban J connectivity index is 1.73. The summed E-state index contributed by atoms with van der Waals surface area (Å²) in [6, 6.07) is 14.6. The fourth-order valence-corrected chi connectivity index (χ4v) is 4.13. The number of halogens is 1. The molecule has 2 amide bonds. The Morgan fingerprint density at radius 3 is 2.28 bits per heavy atom. The second-order valence-electron chi connectivity index (χ2n) is 7.29. The van der Waals surface area contributed by atoms with Crippen molar-refractivity contribution in [1.82, 2.24) is 9.80 Å². The lowest BCUT2D eigenvalue weighted by molar-refractivity contribution is -0.138. The molecule has 4 rings (SSSR count). The first-order valence-corrected chi connectivity index (χ1v) is 10.2. The molecule has 2 aromatic rings. The highest BCUT2D eigenvalue weighted by atomic mass is 35.5. The average Bonchev–Trinajstić information content (AvgIpc) is 3.00. The van der Waals surface area contributed by atoms with Crippen molar-refractivity contribution < 1.29 is 14.3 Å². The highest BCUT2D eigenvalue weighted by Crippen LogP contribution is 2.35. The first-order chi connectivity index (χ1) is 14.1. The Kier molecular flexibility index (Phi) is 5.58. The molecular weight excluding hydrogens is 388 g/mol. The van der Waals surface area contributed by atoms with Crippen LogP contribution in [-0.4, -0.2) is 41.8 Å². The van der Waals surface area contributed by atoms with Gasteiger partial charge in [-0.3, -0.25) is 14.5 Å². The van der Waals surface area contributed by atoms with E-state index in [1.54, 1.807) is 13.2 Å². The summed E-state index contributed by atoms with van der Waals surface area (Å²) in [5.74, 6) is 0.182. The number of hydrogen-bond donors (Lipinski definition) is 0. The van der Waals surface area contributed by atoms with Crippen LogP contribution in [0.5, 0.6) is 5.75 Å². The van der Waals surface area contributed by atoms with Crippen molar-refractivity contribution in [3.8, 4) is 5.75 Å². The third kappa shape index (κ3) is 3.75. The molecule has 2 aliphatic heterocycles. The van der Waals surface area contributed by atoms with Gasteiger partial charge in [0.2, 0.25) is 0 Å². The van der Waals surface area contributed by atoms with Crippen LogP contribution < -0.4 is 4.74 Å². The van der Waals surface area contributed by atoms with Crippen molar-refractivity contribution in [2.24, 2.45) is 0 Å². The molecule has 2 aromatic carbocycles. The predicted octanol–water partition coefficient (Wildman–Crippen LogP) is 4.11. The van der Waals surface area contributed by atoms with Crippen LogP contribution in [0.15, 0.2) is 54.2 Å². The third-order valence-corrected chi connectivity index (χ3v) is 5.85. The maximum absolute atomic E-state index is 13.4. The predicted molar refractivity (Wildman–Crippen MR) is 112 cm³/mol. The van der Waals surface area contributed by atoms with Crippen molar-refractivity contribution in [2.45, 2.75) is 25.8 Å². The molecule has 0 aliphatic carbocycles. The van der Waals surface area contributed by atoms with Crippen LogP contribution in [0.25, 0.3) is 5.57 Å². The van der Waals surface area contributed by atoms with Crippen molar-refractivity contribution in [3.05, 3.63) is 70.4 Å². The number of methoxy groups -OCH3 is 1. The minimum Gasteiger partial charge on any atom is -0.497 e. The smallest absolute Gasteiger partial charge is 0.278 e. The van der Waals surface area contributed by atoms with Crippen LogP contribution >= 0.6 is 11.6 Å². The number of hydrogen-bond acceptors (Lipinski definition) is 4. The van der Waals surface area contributed by atoms with E-state index in [1.165, 1.54) is 4.90 Å². The number of imide groups is 1. The zero-order chi connectivity index (χ0) is 20.4. The molecule has 0 unspecified atom stereocenters. The number of benzene rings is 2. The quantitative estimate of drug-likeness (QED) is 0.696. The number of rotatable bonds is 5. The molecule has 0 saturated carbocycles. The van der Waals surface area contributed by atoms with E-state index in [9.17, 15) is 9.59 Å². The summed E-state index contributed by atoms with van der Waals surface area (Å²) in [6.45, 7) is 1.73. The van der Waals surface area contributed by atoms with E-state index in [1.807, 2.05) is 42.5 Å². The third-order valence-electron chi connectivity index (χ3n) is 5.48. The van der Waals surface area contributed by atoms with Crippen LogP contribution in [0.4, 0.5) is 0 Å². The van der Waals surface area contributed by atoms with Gasteiger partial charge in [0, 0.05) is 18.1 Å². The molecular formula is C23H23ClN2O3. The fourth-order valence-electron chi connectivity index (χ4n) is 3.93. The first kappa shape index (κ1) is 19.5. The molecule has 150 valence electrons. The van der Waals surface area contributed by atoms with E-state index in [-0.39, 0.29) is 18.4 Å². The van der Waals surface area contributed by atoms with E-state index in [2.05, 4.69) is 4.90 Å². The second kappa shape index (κ2) is 8.29.